The van der Waals surface area contributed by atoms with Crippen molar-refractivity contribution >= 4 is 23.3 Å². The Morgan fingerprint density at radius 3 is 3.00 bits per heavy atom. The number of hydrogen-bond acceptors (Lipinski definition) is 4. The lowest BCUT2D eigenvalue weighted by Gasteiger charge is -2.23. The fraction of sp³-hybridized carbons (Fsp3) is 0.538. The highest BCUT2D eigenvalue weighted by molar-refractivity contribution is 6.33. The van der Waals surface area contributed by atoms with Gasteiger partial charge in [0.25, 0.3) is 5.91 Å². The second-order valence-electron chi connectivity index (χ2n) is 4.90. The van der Waals surface area contributed by atoms with Crippen LogP contribution in [0, 0.1) is 0 Å². The molecule has 0 radical (unpaired) electrons. The SMILES string of the molecule is CCNc1ncc(C(=O)NC2(C)CCOC2)cc1Cl. The van der Waals surface area contributed by atoms with E-state index in [4.69, 9.17) is 16.3 Å². The summed E-state index contributed by atoms with van der Waals surface area (Å²) in [7, 11) is 0. The maximum Gasteiger partial charge on any atom is 0.253 e. The number of nitrogens with zero attached hydrogens (tertiary/aromatic N) is 1. The first-order chi connectivity index (χ1) is 9.04. The first-order valence-electron chi connectivity index (χ1n) is 6.34. The minimum atomic E-state index is -0.302. The lowest BCUT2D eigenvalue weighted by molar-refractivity contribution is 0.0889. The van der Waals surface area contributed by atoms with Gasteiger partial charge in [0.15, 0.2) is 0 Å². The number of carbonyl (C=O) groups excluding carboxylic acids is 1. The molecule has 1 atom stereocenters. The zero-order chi connectivity index (χ0) is 13.9. The minimum absolute atomic E-state index is 0.176. The molecule has 0 aliphatic carbocycles. The maximum atomic E-state index is 12.1. The second kappa shape index (κ2) is 5.75. The maximum absolute atomic E-state index is 12.1. The summed E-state index contributed by atoms with van der Waals surface area (Å²) in [5.41, 5.74) is 0.156. The van der Waals surface area contributed by atoms with Crippen LogP contribution in [0.25, 0.3) is 0 Å². The Kier molecular flexibility index (Phi) is 4.27. The molecular weight excluding hydrogens is 266 g/mol. The summed E-state index contributed by atoms with van der Waals surface area (Å²) in [6.45, 7) is 5.87. The molecule has 0 spiro atoms. The molecule has 1 aliphatic heterocycles. The zero-order valence-electron chi connectivity index (χ0n) is 11.1. The van der Waals surface area contributed by atoms with E-state index in [0.717, 1.165) is 13.0 Å². The monoisotopic (exact) mass is 283 g/mol. The quantitative estimate of drug-likeness (QED) is 0.888. The molecule has 1 saturated heterocycles. The molecule has 19 heavy (non-hydrogen) atoms. The van der Waals surface area contributed by atoms with Crippen LogP contribution in [-0.2, 0) is 4.74 Å². The number of halogens is 1. The summed E-state index contributed by atoms with van der Waals surface area (Å²) in [6, 6.07) is 1.63. The van der Waals surface area contributed by atoms with Crippen molar-refractivity contribution in [2.75, 3.05) is 25.1 Å². The summed E-state index contributed by atoms with van der Waals surface area (Å²) in [4.78, 5) is 16.3. The Balaban J connectivity index is 2.09. The van der Waals surface area contributed by atoms with E-state index in [9.17, 15) is 4.79 Å². The number of ether oxygens (including phenoxy) is 1. The van der Waals surface area contributed by atoms with E-state index in [0.29, 0.717) is 29.6 Å². The van der Waals surface area contributed by atoms with Crippen LogP contribution in [0.4, 0.5) is 5.82 Å². The third kappa shape index (κ3) is 3.36. The average molecular weight is 284 g/mol. The number of amides is 1. The van der Waals surface area contributed by atoms with E-state index >= 15 is 0 Å². The van der Waals surface area contributed by atoms with Gasteiger partial charge in [-0.2, -0.15) is 0 Å². The van der Waals surface area contributed by atoms with Crippen LogP contribution >= 0.6 is 11.6 Å². The van der Waals surface area contributed by atoms with E-state index in [1.807, 2.05) is 13.8 Å². The molecular formula is C13H18ClN3O2. The first-order valence-corrected chi connectivity index (χ1v) is 6.71. The molecule has 2 N–H and O–H groups in total. The lowest BCUT2D eigenvalue weighted by atomic mass is 10.0. The number of aromatic nitrogens is 1. The van der Waals surface area contributed by atoms with Crippen LogP contribution in [-0.4, -0.2) is 36.2 Å². The minimum Gasteiger partial charge on any atom is -0.379 e. The standard InChI is InChI=1S/C13H18ClN3O2/c1-3-15-11-10(14)6-9(7-16-11)12(18)17-13(2)4-5-19-8-13/h6-7H,3-5,8H2,1-2H3,(H,15,16)(H,17,18). The van der Waals surface area contributed by atoms with E-state index in [1.54, 1.807) is 6.07 Å². The van der Waals surface area contributed by atoms with Gasteiger partial charge in [-0.3, -0.25) is 4.79 Å². The molecule has 0 aromatic carbocycles. The third-order valence-electron chi connectivity index (χ3n) is 3.08. The molecule has 6 heteroatoms. The van der Waals surface area contributed by atoms with Crippen LogP contribution in [0.2, 0.25) is 5.02 Å². The molecule has 1 unspecified atom stereocenters. The van der Waals surface area contributed by atoms with E-state index in [-0.39, 0.29) is 11.4 Å². The van der Waals surface area contributed by atoms with Gasteiger partial charge in [0.2, 0.25) is 0 Å². The van der Waals surface area contributed by atoms with Gasteiger partial charge in [0, 0.05) is 19.3 Å². The molecule has 0 bridgehead atoms. The highest BCUT2D eigenvalue weighted by atomic mass is 35.5. The van der Waals surface area contributed by atoms with Crippen molar-refractivity contribution in [3.05, 3.63) is 22.8 Å². The van der Waals surface area contributed by atoms with Gasteiger partial charge in [0.1, 0.15) is 5.82 Å². The highest BCUT2D eigenvalue weighted by Gasteiger charge is 2.31. The van der Waals surface area contributed by atoms with Crippen LogP contribution in [0.5, 0.6) is 0 Å². The number of carbonyl (C=O) groups is 1. The predicted molar refractivity (Wildman–Crippen MR) is 74.7 cm³/mol. The van der Waals surface area contributed by atoms with Gasteiger partial charge in [-0.25, -0.2) is 4.98 Å². The van der Waals surface area contributed by atoms with Gasteiger partial charge < -0.3 is 15.4 Å². The van der Waals surface area contributed by atoms with Crippen molar-refractivity contribution in [2.45, 2.75) is 25.8 Å². The molecule has 2 rings (SSSR count). The van der Waals surface area contributed by atoms with Crippen LogP contribution < -0.4 is 10.6 Å². The van der Waals surface area contributed by atoms with Crippen molar-refractivity contribution < 1.29 is 9.53 Å². The Morgan fingerprint density at radius 1 is 1.63 bits per heavy atom. The number of rotatable bonds is 4. The molecule has 1 aromatic heterocycles. The fourth-order valence-electron chi connectivity index (χ4n) is 1.97. The van der Waals surface area contributed by atoms with Crippen LogP contribution in [0.3, 0.4) is 0 Å². The van der Waals surface area contributed by atoms with Gasteiger partial charge in [0.05, 0.1) is 22.7 Å². The van der Waals surface area contributed by atoms with Gasteiger partial charge >= 0.3 is 0 Å². The number of hydrogen-bond donors (Lipinski definition) is 2. The van der Waals surface area contributed by atoms with Gasteiger partial charge in [-0.05, 0) is 26.3 Å². The van der Waals surface area contributed by atoms with Crippen LogP contribution in [0.1, 0.15) is 30.6 Å². The second-order valence-corrected chi connectivity index (χ2v) is 5.31. The normalized spacial score (nSPS) is 22.3. The zero-order valence-corrected chi connectivity index (χ0v) is 11.9. The van der Waals surface area contributed by atoms with Crippen molar-refractivity contribution in [2.24, 2.45) is 0 Å². The van der Waals surface area contributed by atoms with Gasteiger partial charge in [-0.1, -0.05) is 11.6 Å². The molecule has 1 aromatic rings. The molecule has 1 aliphatic rings. The largest absolute Gasteiger partial charge is 0.379 e. The summed E-state index contributed by atoms with van der Waals surface area (Å²) in [5.74, 6) is 0.418. The summed E-state index contributed by atoms with van der Waals surface area (Å²) < 4.78 is 5.31. The molecule has 5 nitrogen and oxygen atoms in total. The summed E-state index contributed by atoms with van der Waals surface area (Å²) in [5, 5.41) is 6.44. The highest BCUT2D eigenvalue weighted by Crippen LogP contribution is 2.22. The number of nitrogens with one attached hydrogen (secondary N) is 2. The van der Waals surface area contributed by atoms with E-state index < -0.39 is 0 Å². The van der Waals surface area contributed by atoms with E-state index in [1.165, 1.54) is 6.20 Å². The number of pyridine rings is 1. The van der Waals surface area contributed by atoms with Crippen molar-refractivity contribution in [1.29, 1.82) is 0 Å². The van der Waals surface area contributed by atoms with Gasteiger partial charge in [-0.15, -0.1) is 0 Å². The van der Waals surface area contributed by atoms with E-state index in [2.05, 4.69) is 15.6 Å². The molecule has 1 amide bonds. The Hall–Kier alpha value is -1.33. The Morgan fingerprint density at radius 2 is 2.42 bits per heavy atom. The molecule has 0 saturated carbocycles. The van der Waals surface area contributed by atoms with Crippen molar-refractivity contribution in [3.8, 4) is 0 Å². The number of anilines is 1. The van der Waals surface area contributed by atoms with Crippen LogP contribution in [0.15, 0.2) is 12.3 Å². The summed E-state index contributed by atoms with van der Waals surface area (Å²) in [6.07, 6.45) is 2.34. The predicted octanol–water partition coefficient (Wildman–Crippen LogP) is 2.08. The molecule has 104 valence electrons. The Labute approximate surface area is 117 Å². The lowest BCUT2D eigenvalue weighted by Crippen LogP contribution is -2.46. The van der Waals surface area contributed by atoms with Crippen molar-refractivity contribution in [1.82, 2.24) is 10.3 Å². The smallest absolute Gasteiger partial charge is 0.253 e. The third-order valence-corrected chi connectivity index (χ3v) is 3.37. The first kappa shape index (κ1) is 14.1. The Bertz CT molecular complexity index is 473. The molecule has 2 heterocycles. The topological polar surface area (TPSA) is 63.2 Å². The molecule has 1 fully saturated rings. The fourth-order valence-corrected chi connectivity index (χ4v) is 2.20. The average Bonchev–Trinajstić information content (AvgIpc) is 2.78. The van der Waals surface area contributed by atoms with Crippen molar-refractivity contribution in [3.63, 3.8) is 0 Å². The summed E-state index contributed by atoms with van der Waals surface area (Å²) >= 11 is 6.07.